The molecule has 0 radical (unpaired) electrons. The normalized spacial score (nSPS) is 9.88. The van der Waals surface area contributed by atoms with Gasteiger partial charge in [-0.3, -0.25) is 9.78 Å². The molecule has 0 unspecified atom stereocenters. The monoisotopic (exact) mass is 232 g/mol. The van der Waals surface area contributed by atoms with Crippen LogP contribution in [0.25, 0.3) is 0 Å². The molecule has 6 nitrogen and oxygen atoms in total. The van der Waals surface area contributed by atoms with Crippen molar-refractivity contribution in [1.82, 2.24) is 4.98 Å². The maximum Gasteiger partial charge on any atom is 0.338 e. The van der Waals surface area contributed by atoms with Crippen molar-refractivity contribution in [2.45, 2.75) is 0 Å². The number of carbonyl (C=O) groups is 2. The minimum atomic E-state index is -1.14. The van der Waals surface area contributed by atoms with E-state index >= 15 is 0 Å². The van der Waals surface area contributed by atoms with Crippen LogP contribution in [-0.2, 0) is 0 Å². The number of nitrogens with one attached hydrogen (secondary N) is 1. The Morgan fingerprint density at radius 2 is 2.00 bits per heavy atom. The number of hydrogen-bond donors (Lipinski definition) is 2. The Hall–Kier alpha value is -2.63. The molecule has 2 aromatic rings. The molecule has 2 N–H and O–H groups in total. The highest BCUT2D eigenvalue weighted by Gasteiger charge is 2.14. The molecule has 0 saturated heterocycles. The number of aromatic carboxylic acids is 1. The Morgan fingerprint density at radius 1 is 1.29 bits per heavy atom. The topological polar surface area (TPSA) is 92.4 Å². The first-order chi connectivity index (χ1) is 8.16. The van der Waals surface area contributed by atoms with Gasteiger partial charge in [0.2, 0.25) is 0 Å². The Morgan fingerprint density at radius 3 is 2.59 bits per heavy atom. The molecule has 0 aliphatic rings. The predicted molar refractivity (Wildman–Crippen MR) is 57.9 cm³/mol. The highest BCUT2D eigenvalue weighted by molar-refractivity contribution is 6.03. The van der Waals surface area contributed by atoms with E-state index in [0.29, 0.717) is 5.69 Å². The Kier molecular flexibility index (Phi) is 2.87. The molecule has 0 aliphatic heterocycles. The first-order valence-electron chi connectivity index (χ1n) is 4.70. The van der Waals surface area contributed by atoms with Gasteiger partial charge in [-0.25, -0.2) is 4.79 Å². The van der Waals surface area contributed by atoms with Crippen LogP contribution in [0.15, 0.2) is 41.3 Å². The molecule has 0 atom stereocenters. The Bertz CT molecular complexity index is 548. The SMILES string of the molecule is O=C(O)c1coc(C(=O)Nc2ccncc2)c1. The lowest BCUT2D eigenvalue weighted by atomic mass is 10.3. The first-order valence-corrected chi connectivity index (χ1v) is 4.70. The fourth-order valence-corrected chi connectivity index (χ4v) is 1.20. The molecular formula is C11H8N2O4. The van der Waals surface area contributed by atoms with Gasteiger partial charge in [-0.2, -0.15) is 0 Å². The van der Waals surface area contributed by atoms with Crippen molar-refractivity contribution in [3.05, 3.63) is 48.2 Å². The highest BCUT2D eigenvalue weighted by Crippen LogP contribution is 2.11. The minimum absolute atomic E-state index is 0.0563. The summed E-state index contributed by atoms with van der Waals surface area (Å²) in [5.41, 5.74) is 0.489. The average Bonchev–Trinajstić information content (AvgIpc) is 2.79. The number of pyridine rings is 1. The summed E-state index contributed by atoms with van der Waals surface area (Å²) < 4.78 is 4.85. The minimum Gasteiger partial charge on any atom is -0.478 e. The van der Waals surface area contributed by atoms with Gasteiger partial charge in [0.15, 0.2) is 5.76 Å². The zero-order valence-electron chi connectivity index (χ0n) is 8.58. The number of carboxylic acid groups (broad SMARTS) is 1. The lowest BCUT2D eigenvalue weighted by molar-refractivity contribution is 0.0696. The van der Waals surface area contributed by atoms with Gasteiger partial charge in [-0.1, -0.05) is 0 Å². The third kappa shape index (κ3) is 2.49. The van der Waals surface area contributed by atoms with Crippen LogP contribution in [0.1, 0.15) is 20.9 Å². The molecule has 0 fully saturated rings. The van der Waals surface area contributed by atoms with Crippen LogP contribution in [0.3, 0.4) is 0 Å². The molecule has 0 aliphatic carbocycles. The van der Waals surface area contributed by atoms with Crippen LogP contribution >= 0.6 is 0 Å². The van der Waals surface area contributed by atoms with Gasteiger partial charge in [-0.15, -0.1) is 0 Å². The molecule has 17 heavy (non-hydrogen) atoms. The van der Waals surface area contributed by atoms with Crippen molar-refractivity contribution in [3.8, 4) is 0 Å². The lowest BCUT2D eigenvalue weighted by Gasteiger charge is -2.00. The molecule has 86 valence electrons. The summed E-state index contributed by atoms with van der Waals surface area (Å²) in [6.07, 6.45) is 4.07. The predicted octanol–water partition coefficient (Wildman–Crippen LogP) is 1.63. The summed E-state index contributed by atoms with van der Waals surface area (Å²) in [6.45, 7) is 0. The number of carbonyl (C=O) groups excluding carboxylic acids is 1. The van der Waals surface area contributed by atoms with E-state index in [4.69, 9.17) is 9.52 Å². The zero-order chi connectivity index (χ0) is 12.3. The molecule has 2 rings (SSSR count). The molecule has 6 heteroatoms. The van der Waals surface area contributed by atoms with Gasteiger partial charge >= 0.3 is 5.97 Å². The second-order valence-electron chi connectivity index (χ2n) is 3.19. The standard InChI is InChI=1S/C11H8N2O4/c14-10(13-8-1-3-12-4-2-8)9-5-7(6-17-9)11(15)16/h1-6H,(H,15,16)(H,12,13,14). The summed E-state index contributed by atoms with van der Waals surface area (Å²) in [5.74, 6) is -1.71. The van der Waals surface area contributed by atoms with Crippen molar-refractivity contribution in [1.29, 1.82) is 0 Å². The maximum atomic E-state index is 11.6. The summed E-state index contributed by atoms with van der Waals surface area (Å²) in [7, 11) is 0. The summed E-state index contributed by atoms with van der Waals surface area (Å²) in [4.78, 5) is 26.0. The quantitative estimate of drug-likeness (QED) is 0.838. The molecule has 0 aromatic carbocycles. The number of amides is 1. The van der Waals surface area contributed by atoms with Crippen LogP contribution in [-0.4, -0.2) is 22.0 Å². The summed E-state index contributed by atoms with van der Waals surface area (Å²) in [5, 5.41) is 11.2. The van der Waals surface area contributed by atoms with Gasteiger partial charge in [-0.05, 0) is 12.1 Å². The Balaban J connectivity index is 2.12. The number of furan rings is 1. The molecule has 0 spiro atoms. The van der Waals surface area contributed by atoms with Crippen LogP contribution in [0.5, 0.6) is 0 Å². The van der Waals surface area contributed by atoms with Crippen LogP contribution in [0.4, 0.5) is 5.69 Å². The molecule has 2 heterocycles. The zero-order valence-corrected chi connectivity index (χ0v) is 8.58. The van der Waals surface area contributed by atoms with Crippen LogP contribution in [0.2, 0.25) is 0 Å². The van der Waals surface area contributed by atoms with Crippen molar-refractivity contribution in [2.75, 3.05) is 5.32 Å². The third-order valence-electron chi connectivity index (χ3n) is 2.01. The summed E-state index contributed by atoms with van der Waals surface area (Å²) in [6, 6.07) is 4.39. The van der Waals surface area contributed by atoms with E-state index < -0.39 is 11.9 Å². The van der Waals surface area contributed by atoms with E-state index in [2.05, 4.69) is 10.3 Å². The maximum absolute atomic E-state index is 11.6. The first kappa shape index (κ1) is 10.9. The van der Waals surface area contributed by atoms with Gasteiger partial charge in [0.1, 0.15) is 6.26 Å². The summed E-state index contributed by atoms with van der Waals surface area (Å²) >= 11 is 0. The van der Waals surface area contributed by atoms with Crippen molar-refractivity contribution in [2.24, 2.45) is 0 Å². The number of aromatic nitrogens is 1. The van der Waals surface area contributed by atoms with Crippen molar-refractivity contribution >= 4 is 17.6 Å². The van der Waals surface area contributed by atoms with Gasteiger partial charge < -0.3 is 14.8 Å². The number of nitrogens with zero attached hydrogens (tertiary/aromatic N) is 1. The molecule has 1 amide bonds. The van der Waals surface area contributed by atoms with Gasteiger partial charge in [0.25, 0.3) is 5.91 Å². The van der Waals surface area contributed by atoms with Gasteiger partial charge in [0, 0.05) is 24.1 Å². The van der Waals surface area contributed by atoms with Gasteiger partial charge in [0.05, 0.1) is 5.56 Å². The van der Waals surface area contributed by atoms with Crippen molar-refractivity contribution in [3.63, 3.8) is 0 Å². The molecule has 0 bridgehead atoms. The highest BCUT2D eigenvalue weighted by atomic mass is 16.4. The Labute approximate surface area is 95.9 Å². The van der Waals surface area contributed by atoms with Crippen LogP contribution < -0.4 is 5.32 Å². The fraction of sp³-hybridized carbons (Fsp3) is 0. The van der Waals surface area contributed by atoms with Crippen molar-refractivity contribution < 1.29 is 19.1 Å². The van der Waals surface area contributed by atoms with E-state index in [0.717, 1.165) is 6.26 Å². The van der Waals surface area contributed by atoms with E-state index in [-0.39, 0.29) is 11.3 Å². The smallest absolute Gasteiger partial charge is 0.338 e. The largest absolute Gasteiger partial charge is 0.478 e. The number of hydrogen-bond acceptors (Lipinski definition) is 4. The third-order valence-corrected chi connectivity index (χ3v) is 2.01. The average molecular weight is 232 g/mol. The fourth-order valence-electron chi connectivity index (χ4n) is 1.20. The van der Waals surface area contributed by atoms with E-state index in [1.165, 1.54) is 18.5 Å². The van der Waals surface area contributed by atoms with E-state index in [1.54, 1.807) is 12.1 Å². The lowest BCUT2D eigenvalue weighted by Crippen LogP contribution is -2.10. The second kappa shape index (κ2) is 4.48. The molecule has 0 saturated carbocycles. The number of rotatable bonds is 3. The molecule has 2 aromatic heterocycles. The second-order valence-corrected chi connectivity index (χ2v) is 3.19. The number of carboxylic acids is 1. The van der Waals surface area contributed by atoms with Crippen LogP contribution in [0, 0.1) is 0 Å². The number of anilines is 1. The van der Waals surface area contributed by atoms with E-state index in [1.807, 2.05) is 0 Å². The molecular weight excluding hydrogens is 224 g/mol. The van der Waals surface area contributed by atoms with E-state index in [9.17, 15) is 9.59 Å².